The molecule has 2 heterocycles. The number of aliphatic hydroxyl groups excluding tert-OH is 1. The van der Waals surface area contributed by atoms with E-state index in [1.807, 2.05) is 18.2 Å². The van der Waals surface area contributed by atoms with Crippen LogP contribution in [0.1, 0.15) is 12.0 Å². The average Bonchev–Trinajstić information content (AvgIpc) is 2.81. The lowest BCUT2D eigenvalue weighted by Gasteiger charge is -2.35. The molecule has 1 aromatic heterocycles. The van der Waals surface area contributed by atoms with Crippen LogP contribution in [0.3, 0.4) is 0 Å². The highest BCUT2D eigenvalue weighted by Gasteiger charge is 2.22. The van der Waals surface area contributed by atoms with Crippen molar-refractivity contribution in [3.63, 3.8) is 0 Å². The Balaban J connectivity index is 1.34. The molecule has 5 heteroatoms. The first-order valence-corrected chi connectivity index (χ1v) is 8.63. The minimum atomic E-state index is -0.953. The Hall–Kier alpha value is -0.980. The molecular weight excluding hydrogens is 286 g/mol. The maximum Gasteiger partial charge on any atom is 0.179 e. The summed E-state index contributed by atoms with van der Waals surface area (Å²) in [5.41, 5.74) is 1.23. The van der Waals surface area contributed by atoms with Crippen LogP contribution in [0.5, 0.6) is 0 Å². The highest BCUT2D eigenvalue weighted by Crippen LogP contribution is 2.28. The first-order valence-electron chi connectivity index (χ1n) is 7.42. The van der Waals surface area contributed by atoms with Crippen LogP contribution in [-0.4, -0.2) is 53.5 Å². The molecule has 1 aliphatic heterocycles. The number of likely N-dealkylation sites (tertiary alicyclic amines) is 1. The molecule has 1 fully saturated rings. The van der Waals surface area contributed by atoms with Crippen molar-refractivity contribution in [1.82, 2.24) is 4.90 Å². The summed E-state index contributed by atoms with van der Waals surface area (Å²) < 4.78 is 18.2. The van der Waals surface area contributed by atoms with Crippen LogP contribution in [0.25, 0.3) is 10.1 Å². The van der Waals surface area contributed by atoms with E-state index in [-0.39, 0.29) is 6.10 Å². The van der Waals surface area contributed by atoms with E-state index in [2.05, 4.69) is 11.0 Å². The summed E-state index contributed by atoms with van der Waals surface area (Å²) in [6.07, 6.45) is 1.78. The average molecular weight is 307 g/mol. The van der Waals surface area contributed by atoms with Crippen molar-refractivity contribution >= 4 is 20.8 Å². The van der Waals surface area contributed by atoms with Gasteiger partial charge in [-0.15, -0.1) is 0 Å². The smallest absolute Gasteiger partial charge is 0.179 e. The number of rotatable bonds is 7. The zero-order valence-electron chi connectivity index (χ0n) is 12.0. The molecule has 1 N–H and O–H groups in total. The third-order valence-electron chi connectivity index (χ3n) is 3.90. The molecule has 0 bridgehead atoms. The second kappa shape index (κ2) is 6.85. The molecule has 1 saturated heterocycles. The highest BCUT2D eigenvalue weighted by atomic mass is 32.2. The number of hydrogen-bond acceptors (Lipinski definition) is 4. The van der Waals surface area contributed by atoms with Gasteiger partial charge in [0.15, 0.2) is 4.70 Å². The summed E-state index contributed by atoms with van der Waals surface area (Å²) in [5.74, 6) is 0. The van der Waals surface area contributed by atoms with Crippen LogP contribution in [0, 0.1) is 0 Å². The predicted octanol–water partition coefficient (Wildman–Crippen LogP) is 2.19. The second-order valence-corrected chi connectivity index (χ2v) is 6.91. The number of aliphatic hydroxyl groups is 1. The molecule has 21 heavy (non-hydrogen) atoms. The fourth-order valence-electron chi connectivity index (χ4n) is 2.68. The molecule has 114 valence electrons. The Kier molecular flexibility index (Phi) is 4.87. The van der Waals surface area contributed by atoms with Crippen molar-refractivity contribution in [2.75, 3.05) is 32.8 Å². The number of hydrogen-bond donors (Lipinski definition) is 1. The van der Waals surface area contributed by atoms with E-state index in [0.717, 1.165) is 49.2 Å². The molecule has 3 rings (SSSR count). The Morgan fingerprint density at radius 3 is 2.95 bits per heavy atom. The lowest BCUT2D eigenvalue weighted by atomic mass is 10.1. The monoisotopic (exact) mass is 307 g/mol. The Morgan fingerprint density at radius 1 is 1.29 bits per heavy atom. The topological polar surface area (TPSA) is 55.8 Å². The zero-order chi connectivity index (χ0) is 14.7. The normalized spacial score (nSPS) is 17.3. The van der Waals surface area contributed by atoms with Crippen LogP contribution < -0.4 is 0 Å². The molecule has 0 radical (unpaired) electrons. The molecule has 0 amide bonds. The third-order valence-corrected chi connectivity index (χ3v) is 5.09. The zero-order valence-corrected chi connectivity index (χ0v) is 12.8. The molecule has 1 atom stereocenters. The number of ether oxygens (including phenoxy) is 1. The fraction of sp³-hybridized carbons (Fsp3) is 0.500. The van der Waals surface area contributed by atoms with E-state index >= 15 is 0 Å². The van der Waals surface area contributed by atoms with Crippen molar-refractivity contribution in [3.05, 3.63) is 35.2 Å². The minimum Gasteiger partial charge on any atom is -0.590 e. The van der Waals surface area contributed by atoms with Crippen LogP contribution >= 0.6 is 10.8 Å². The van der Waals surface area contributed by atoms with Gasteiger partial charge in [0, 0.05) is 37.7 Å². The first-order chi connectivity index (χ1) is 10.2. The van der Waals surface area contributed by atoms with E-state index in [1.165, 1.54) is 5.56 Å². The quantitative estimate of drug-likeness (QED) is 0.629. The van der Waals surface area contributed by atoms with Gasteiger partial charge in [-0.1, -0.05) is 6.07 Å². The number of nitrogens with zero attached hydrogens (tertiary/aromatic N) is 1. The van der Waals surface area contributed by atoms with E-state index in [1.54, 1.807) is 5.38 Å². The van der Waals surface area contributed by atoms with Gasteiger partial charge in [0.25, 0.3) is 0 Å². The van der Waals surface area contributed by atoms with E-state index in [9.17, 15) is 9.66 Å². The molecule has 0 spiro atoms. The van der Waals surface area contributed by atoms with Crippen molar-refractivity contribution in [1.29, 1.82) is 0 Å². The molecule has 0 aliphatic carbocycles. The fourth-order valence-corrected chi connectivity index (χ4v) is 3.66. The lowest BCUT2D eigenvalue weighted by molar-refractivity contribution is -0.00305. The lowest BCUT2D eigenvalue weighted by Crippen LogP contribution is -2.50. The summed E-state index contributed by atoms with van der Waals surface area (Å²) in [6.45, 7) is 4.11. The van der Waals surface area contributed by atoms with Gasteiger partial charge in [0.05, 0.1) is 12.7 Å². The predicted molar refractivity (Wildman–Crippen MR) is 84.2 cm³/mol. The van der Waals surface area contributed by atoms with E-state index in [4.69, 9.17) is 4.74 Å². The van der Waals surface area contributed by atoms with Gasteiger partial charge in [-0.2, -0.15) is 0 Å². The molecule has 4 nitrogen and oxygen atoms in total. The SMILES string of the molecule is [O-][s+]1ccc2cc(CCOCCCN3CC(O)C3)ccc21. The van der Waals surface area contributed by atoms with Crippen molar-refractivity contribution in [2.45, 2.75) is 18.9 Å². The second-order valence-electron chi connectivity index (χ2n) is 5.60. The minimum absolute atomic E-state index is 0.117. The summed E-state index contributed by atoms with van der Waals surface area (Å²) in [6, 6.07) is 8.02. The number of thiophene rings is 1. The summed E-state index contributed by atoms with van der Waals surface area (Å²) in [4.78, 5) is 2.24. The summed E-state index contributed by atoms with van der Waals surface area (Å²) in [7, 11) is -0.953. The Morgan fingerprint density at radius 2 is 2.14 bits per heavy atom. The number of benzene rings is 1. The Bertz CT molecular complexity index is 592. The van der Waals surface area contributed by atoms with Crippen LogP contribution in [0.15, 0.2) is 29.6 Å². The maximum absolute atomic E-state index is 11.6. The van der Waals surface area contributed by atoms with Gasteiger partial charge >= 0.3 is 0 Å². The van der Waals surface area contributed by atoms with Crippen LogP contribution in [0.4, 0.5) is 0 Å². The highest BCUT2D eigenvalue weighted by molar-refractivity contribution is 7.30. The van der Waals surface area contributed by atoms with Gasteiger partial charge in [0.2, 0.25) is 0 Å². The van der Waals surface area contributed by atoms with Gasteiger partial charge in [0.1, 0.15) is 5.38 Å². The first kappa shape index (κ1) is 14.9. The van der Waals surface area contributed by atoms with Crippen molar-refractivity contribution in [2.24, 2.45) is 0 Å². The van der Waals surface area contributed by atoms with Gasteiger partial charge in [-0.3, -0.25) is 4.90 Å². The molecule has 1 aliphatic rings. The summed E-state index contributed by atoms with van der Waals surface area (Å²) in [5, 5.41) is 12.0. The van der Waals surface area contributed by atoms with Crippen molar-refractivity contribution in [3.8, 4) is 0 Å². The van der Waals surface area contributed by atoms with E-state index < -0.39 is 10.8 Å². The molecule has 0 saturated carbocycles. The molecule has 2 aromatic rings. The van der Waals surface area contributed by atoms with E-state index in [0.29, 0.717) is 6.61 Å². The number of β-amino-alcohol motifs (C(OH)–C–C–N with tert-alkyl or cyclic N) is 1. The molecule has 1 unspecified atom stereocenters. The summed E-state index contributed by atoms with van der Waals surface area (Å²) >= 11 is 0. The maximum atomic E-state index is 11.6. The largest absolute Gasteiger partial charge is 0.590 e. The van der Waals surface area contributed by atoms with Crippen molar-refractivity contribution < 1.29 is 14.4 Å². The Labute approximate surface area is 127 Å². The standard InChI is InChI=1S/C16H21NO3S/c18-15-11-17(12-15)6-1-7-20-8-4-13-2-3-16-14(10-13)5-9-21(16)19/h2-3,5,9-10,15,18H,1,4,6-8,11-12H2. The van der Waals surface area contributed by atoms with Gasteiger partial charge in [-0.25, -0.2) is 0 Å². The number of fused-ring (bicyclic) bond motifs is 1. The van der Waals surface area contributed by atoms with Crippen LogP contribution in [0.2, 0.25) is 0 Å². The molecule has 1 aromatic carbocycles. The third kappa shape index (κ3) is 3.81. The van der Waals surface area contributed by atoms with Gasteiger partial charge < -0.3 is 14.4 Å². The van der Waals surface area contributed by atoms with Crippen LogP contribution in [-0.2, 0) is 11.2 Å². The molecular formula is C16H21NO3S. The van der Waals surface area contributed by atoms with Gasteiger partial charge in [-0.05, 0) is 41.3 Å².